The van der Waals surface area contributed by atoms with Crippen LogP contribution in [0.3, 0.4) is 0 Å². The van der Waals surface area contributed by atoms with Crippen LogP contribution in [0.1, 0.15) is 16.2 Å². The van der Waals surface area contributed by atoms with Crippen LogP contribution in [0.4, 0.5) is 0 Å². The molecule has 0 saturated carbocycles. The molecule has 0 spiro atoms. The van der Waals surface area contributed by atoms with E-state index in [9.17, 15) is 4.79 Å². The van der Waals surface area contributed by atoms with E-state index >= 15 is 0 Å². The molecule has 3 heterocycles. The highest BCUT2D eigenvalue weighted by Crippen LogP contribution is 2.32. The zero-order valence-electron chi connectivity index (χ0n) is 14.2. The van der Waals surface area contributed by atoms with E-state index in [1.165, 1.54) is 11.3 Å². The number of pyridine rings is 1. The lowest BCUT2D eigenvalue weighted by Crippen LogP contribution is -2.24. The predicted molar refractivity (Wildman–Crippen MR) is 110 cm³/mol. The average Bonchev–Trinajstić information content (AvgIpc) is 3.25. The lowest BCUT2D eigenvalue weighted by molar-refractivity contribution is 0.0951. The molecule has 0 radical (unpaired) electrons. The van der Waals surface area contributed by atoms with E-state index < -0.39 is 0 Å². The number of fused-ring (bicyclic) bond motifs is 1. The number of rotatable bonds is 4. The smallest absolute Gasteiger partial charge is 0.252 e. The molecule has 3 aromatic heterocycles. The minimum atomic E-state index is -0.202. The maximum absolute atomic E-state index is 12.9. The number of halogens is 1. The fourth-order valence-electron chi connectivity index (χ4n) is 2.73. The van der Waals surface area contributed by atoms with Crippen LogP contribution in [0.15, 0.2) is 42.5 Å². The minimum Gasteiger partial charge on any atom is -0.345 e. The molecule has 27 heavy (non-hydrogen) atoms. The molecular formula is C18H14ClN5OS2. The van der Waals surface area contributed by atoms with E-state index in [4.69, 9.17) is 23.8 Å². The minimum absolute atomic E-state index is 0.202. The largest absolute Gasteiger partial charge is 0.345 e. The van der Waals surface area contributed by atoms with Crippen LogP contribution in [0, 0.1) is 4.77 Å². The van der Waals surface area contributed by atoms with Crippen molar-refractivity contribution < 1.29 is 4.79 Å². The SMILES string of the molecule is Cn1c(CNC(=O)c2cc(-c3ccc(Cl)s3)nc3ccccc23)n[nH]c1=S. The number of H-pyrrole nitrogens is 1. The molecule has 0 unspecified atom stereocenters. The van der Waals surface area contributed by atoms with Gasteiger partial charge in [0.05, 0.1) is 32.5 Å². The van der Waals surface area contributed by atoms with Crippen molar-refractivity contribution in [2.45, 2.75) is 6.54 Å². The Morgan fingerprint density at radius 1 is 1.33 bits per heavy atom. The summed E-state index contributed by atoms with van der Waals surface area (Å²) in [5.41, 5.74) is 2.02. The van der Waals surface area contributed by atoms with Crippen LogP contribution in [0.2, 0.25) is 4.34 Å². The maximum atomic E-state index is 12.9. The number of thiophene rings is 1. The van der Waals surface area contributed by atoms with Crippen molar-refractivity contribution in [1.29, 1.82) is 0 Å². The van der Waals surface area contributed by atoms with Gasteiger partial charge in [0.15, 0.2) is 10.6 Å². The third kappa shape index (κ3) is 3.51. The molecule has 0 aliphatic rings. The molecule has 4 aromatic rings. The second kappa shape index (κ2) is 7.22. The third-order valence-corrected chi connectivity index (χ3v) is 5.78. The van der Waals surface area contributed by atoms with Crippen molar-refractivity contribution in [3.8, 4) is 10.6 Å². The topological polar surface area (TPSA) is 75.6 Å². The Balaban J connectivity index is 1.71. The number of nitrogens with zero attached hydrogens (tertiary/aromatic N) is 3. The van der Waals surface area contributed by atoms with Crippen molar-refractivity contribution in [1.82, 2.24) is 25.1 Å². The Labute approximate surface area is 168 Å². The number of hydrogen-bond donors (Lipinski definition) is 2. The van der Waals surface area contributed by atoms with Gasteiger partial charge in [0, 0.05) is 12.4 Å². The summed E-state index contributed by atoms with van der Waals surface area (Å²) in [4.78, 5) is 18.5. The predicted octanol–water partition coefficient (Wildman–Crippen LogP) is 4.34. The first-order valence-corrected chi connectivity index (χ1v) is 9.67. The first-order chi connectivity index (χ1) is 13.0. The summed E-state index contributed by atoms with van der Waals surface area (Å²) in [5.74, 6) is 0.448. The van der Waals surface area contributed by atoms with Gasteiger partial charge < -0.3 is 9.88 Å². The van der Waals surface area contributed by atoms with E-state index in [-0.39, 0.29) is 12.5 Å². The number of carbonyl (C=O) groups is 1. The molecule has 4 rings (SSSR count). The Hall–Kier alpha value is -2.55. The van der Waals surface area contributed by atoms with Crippen molar-refractivity contribution >= 4 is 52.0 Å². The molecule has 0 bridgehead atoms. The summed E-state index contributed by atoms with van der Waals surface area (Å²) >= 11 is 12.6. The second-order valence-corrected chi connectivity index (χ2v) is 7.96. The van der Waals surface area contributed by atoms with Gasteiger partial charge in [-0.05, 0) is 36.5 Å². The molecule has 2 N–H and O–H groups in total. The highest BCUT2D eigenvalue weighted by atomic mass is 35.5. The Kier molecular flexibility index (Phi) is 4.77. The van der Waals surface area contributed by atoms with E-state index in [0.717, 1.165) is 15.8 Å². The second-order valence-electron chi connectivity index (χ2n) is 5.86. The molecule has 0 aliphatic carbocycles. The highest BCUT2D eigenvalue weighted by Gasteiger charge is 2.15. The van der Waals surface area contributed by atoms with Gasteiger partial charge in [-0.2, -0.15) is 5.10 Å². The zero-order chi connectivity index (χ0) is 19.0. The van der Waals surface area contributed by atoms with Crippen LogP contribution in [0.5, 0.6) is 0 Å². The summed E-state index contributed by atoms with van der Waals surface area (Å²) in [6.07, 6.45) is 0. The number of amides is 1. The summed E-state index contributed by atoms with van der Waals surface area (Å²) in [5, 5.41) is 10.5. The molecule has 0 fully saturated rings. The molecule has 1 amide bonds. The molecule has 6 nitrogen and oxygen atoms in total. The van der Waals surface area contributed by atoms with E-state index in [0.29, 0.717) is 26.2 Å². The van der Waals surface area contributed by atoms with Crippen molar-refractivity contribution in [3.63, 3.8) is 0 Å². The van der Waals surface area contributed by atoms with Crippen LogP contribution < -0.4 is 5.32 Å². The van der Waals surface area contributed by atoms with Gasteiger partial charge in [-0.3, -0.25) is 9.89 Å². The fraction of sp³-hybridized carbons (Fsp3) is 0.111. The fourth-order valence-corrected chi connectivity index (χ4v) is 3.89. The van der Waals surface area contributed by atoms with Crippen molar-refractivity contribution in [2.75, 3.05) is 0 Å². The summed E-state index contributed by atoms with van der Waals surface area (Å²) in [6, 6.07) is 13.1. The van der Waals surface area contributed by atoms with Gasteiger partial charge in [-0.1, -0.05) is 29.8 Å². The Morgan fingerprint density at radius 3 is 2.85 bits per heavy atom. The van der Waals surface area contributed by atoms with Crippen LogP contribution in [-0.4, -0.2) is 25.7 Å². The zero-order valence-corrected chi connectivity index (χ0v) is 16.6. The number of aromatic nitrogens is 4. The van der Waals surface area contributed by atoms with Gasteiger partial charge in [0.2, 0.25) is 0 Å². The summed E-state index contributed by atoms with van der Waals surface area (Å²) in [7, 11) is 1.80. The lowest BCUT2D eigenvalue weighted by Gasteiger charge is -2.10. The number of para-hydroxylation sites is 1. The average molecular weight is 416 g/mol. The van der Waals surface area contributed by atoms with Crippen LogP contribution >= 0.6 is 35.2 Å². The standard InChI is InChI=1S/C18H14ClN5OS2/c1-24-16(22-23-18(24)26)9-20-17(25)11-8-13(14-6-7-15(19)27-14)21-12-5-3-2-4-10(11)12/h2-8H,9H2,1H3,(H,20,25)(H,23,26). The van der Waals surface area contributed by atoms with Gasteiger partial charge in [-0.25, -0.2) is 4.98 Å². The number of hydrogen-bond acceptors (Lipinski definition) is 5. The summed E-state index contributed by atoms with van der Waals surface area (Å²) < 4.78 is 2.90. The molecule has 136 valence electrons. The van der Waals surface area contributed by atoms with Gasteiger partial charge in [-0.15, -0.1) is 11.3 Å². The van der Waals surface area contributed by atoms with Gasteiger partial charge in [0.1, 0.15) is 0 Å². The van der Waals surface area contributed by atoms with Crippen molar-refractivity contribution in [3.05, 3.63) is 63.0 Å². The number of aromatic amines is 1. The highest BCUT2D eigenvalue weighted by molar-refractivity contribution is 7.71. The van der Waals surface area contributed by atoms with E-state index in [2.05, 4.69) is 20.5 Å². The molecule has 0 saturated heterocycles. The monoisotopic (exact) mass is 415 g/mol. The molecule has 9 heteroatoms. The first-order valence-electron chi connectivity index (χ1n) is 8.07. The van der Waals surface area contributed by atoms with Gasteiger partial charge in [0.25, 0.3) is 5.91 Å². The molecule has 0 aliphatic heterocycles. The number of carbonyl (C=O) groups excluding carboxylic acids is 1. The van der Waals surface area contributed by atoms with E-state index in [1.807, 2.05) is 36.4 Å². The Bertz CT molecular complexity index is 1210. The van der Waals surface area contributed by atoms with Crippen LogP contribution in [0.25, 0.3) is 21.5 Å². The first kappa shape index (κ1) is 17.8. The van der Waals surface area contributed by atoms with Gasteiger partial charge >= 0.3 is 0 Å². The van der Waals surface area contributed by atoms with Crippen molar-refractivity contribution in [2.24, 2.45) is 7.05 Å². The quantitative estimate of drug-likeness (QED) is 0.486. The normalized spacial score (nSPS) is 11.0. The molecular weight excluding hydrogens is 402 g/mol. The van der Waals surface area contributed by atoms with E-state index in [1.54, 1.807) is 17.7 Å². The lowest BCUT2D eigenvalue weighted by atomic mass is 10.1. The molecule has 0 atom stereocenters. The Morgan fingerprint density at radius 2 is 2.15 bits per heavy atom. The maximum Gasteiger partial charge on any atom is 0.252 e. The number of nitrogens with one attached hydrogen (secondary N) is 2. The third-order valence-electron chi connectivity index (χ3n) is 4.17. The van der Waals surface area contributed by atoms with Crippen LogP contribution in [-0.2, 0) is 13.6 Å². The number of benzene rings is 1. The summed E-state index contributed by atoms with van der Waals surface area (Å²) in [6.45, 7) is 0.263. The molecule has 1 aromatic carbocycles.